The molecule has 1 fully saturated rings. The number of nitrogens with zero attached hydrogens (tertiary/aromatic N) is 4. The first-order valence-electron chi connectivity index (χ1n) is 7.53. The summed E-state index contributed by atoms with van der Waals surface area (Å²) < 4.78 is 24.5. The topological polar surface area (TPSA) is 105 Å². The van der Waals surface area contributed by atoms with Crippen molar-refractivity contribution in [2.75, 3.05) is 29.5 Å². The van der Waals surface area contributed by atoms with Crippen molar-refractivity contribution in [1.29, 1.82) is 0 Å². The highest BCUT2D eigenvalue weighted by atomic mass is 32.2. The van der Waals surface area contributed by atoms with Gasteiger partial charge in [0.05, 0.1) is 11.5 Å². The van der Waals surface area contributed by atoms with Gasteiger partial charge >= 0.3 is 5.97 Å². The second-order valence-corrected chi connectivity index (χ2v) is 8.03. The molecule has 0 radical (unpaired) electrons. The monoisotopic (exact) mass is 350 g/mol. The summed E-state index contributed by atoms with van der Waals surface area (Å²) in [5, 5.41) is 13.1. The first-order chi connectivity index (χ1) is 11.3. The van der Waals surface area contributed by atoms with Crippen molar-refractivity contribution in [3.8, 4) is 11.4 Å². The van der Waals surface area contributed by atoms with Crippen LogP contribution in [-0.2, 0) is 21.2 Å². The second-order valence-electron chi connectivity index (χ2n) is 5.72. The van der Waals surface area contributed by atoms with Gasteiger partial charge in [0, 0.05) is 24.3 Å². The van der Waals surface area contributed by atoms with Crippen LogP contribution in [0.5, 0.6) is 0 Å². The molecule has 0 aliphatic carbocycles. The number of sulfone groups is 1. The number of anilines is 1. The minimum absolute atomic E-state index is 0.144. The maximum Gasteiger partial charge on any atom is 0.325 e. The minimum atomic E-state index is -2.94. The van der Waals surface area contributed by atoms with E-state index in [1.54, 1.807) is 6.92 Å². The van der Waals surface area contributed by atoms with Crippen LogP contribution in [0, 0.1) is 6.92 Å². The Morgan fingerprint density at radius 1 is 1.29 bits per heavy atom. The Balaban J connectivity index is 1.90. The first kappa shape index (κ1) is 16.4. The summed E-state index contributed by atoms with van der Waals surface area (Å²) in [6.45, 7) is 2.35. The Labute approximate surface area is 139 Å². The smallest absolute Gasteiger partial charge is 0.325 e. The third-order valence-corrected chi connectivity index (χ3v) is 5.49. The van der Waals surface area contributed by atoms with Crippen molar-refractivity contribution in [3.63, 3.8) is 0 Å². The van der Waals surface area contributed by atoms with E-state index in [-0.39, 0.29) is 18.1 Å². The van der Waals surface area contributed by atoms with Crippen molar-refractivity contribution in [2.45, 2.75) is 13.5 Å². The van der Waals surface area contributed by atoms with Crippen molar-refractivity contribution < 1.29 is 18.3 Å². The van der Waals surface area contributed by atoms with Crippen LogP contribution in [0.4, 0.5) is 5.69 Å². The molecule has 1 aliphatic heterocycles. The number of aromatic nitrogens is 3. The van der Waals surface area contributed by atoms with Gasteiger partial charge in [0.2, 0.25) is 0 Å². The predicted octanol–water partition coefficient (Wildman–Crippen LogP) is 0.573. The van der Waals surface area contributed by atoms with E-state index in [1.807, 2.05) is 29.2 Å². The van der Waals surface area contributed by atoms with Crippen LogP contribution in [0.15, 0.2) is 24.3 Å². The van der Waals surface area contributed by atoms with E-state index in [1.165, 1.54) is 4.68 Å². The average Bonchev–Trinajstić information content (AvgIpc) is 2.87. The summed E-state index contributed by atoms with van der Waals surface area (Å²) in [6.07, 6.45) is 0. The van der Waals surface area contributed by atoms with E-state index in [0.717, 1.165) is 11.3 Å². The minimum Gasteiger partial charge on any atom is -0.480 e. The van der Waals surface area contributed by atoms with Crippen LogP contribution in [0.2, 0.25) is 0 Å². The van der Waals surface area contributed by atoms with Gasteiger partial charge in [-0.2, -0.15) is 5.10 Å². The molecule has 1 aromatic carbocycles. The zero-order chi connectivity index (χ0) is 17.3. The van der Waals surface area contributed by atoms with Crippen LogP contribution in [0.25, 0.3) is 11.4 Å². The van der Waals surface area contributed by atoms with Gasteiger partial charge in [0.25, 0.3) is 0 Å². The first-order valence-corrected chi connectivity index (χ1v) is 9.35. The summed E-state index contributed by atoms with van der Waals surface area (Å²) in [7, 11) is -2.94. The fraction of sp³-hybridized carbons (Fsp3) is 0.400. The van der Waals surface area contributed by atoms with Crippen molar-refractivity contribution >= 4 is 21.5 Å². The maximum atomic E-state index is 11.6. The molecule has 8 nitrogen and oxygen atoms in total. The van der Waals surface area contributed by atoms with Gasteiger partial charge < -0.3 is 10.0 Å². The number of hydrogen-bond acceptors (Lipinski definition) is 6. The molecule has 9 heteroatoms. The van der Waals surface area contributed by atoms with Gasteiger partial charge in [-0.15, -0.1) is 0 Å². The summed E-state index contributed by atoms with van der Waals surface area (Å²) in [4.78, 5) is 17.3. The second kappa shape index (κ2) is 6.23. The van der Waals surface area contributed by atoms with E-state index in [9.17, 15) is 13.2 Å². The molecule has 0 bridgehead atoms. The highest BCUT2D eigenvalue weighted by molar-refractivity contribution is 7.91. The maximum absolute atomic E-state index is 11.6. The molecule has 1 aromatic heterocycles. The highest BCUT2D eigenvalue weighted by Crippen LogP contribution is 2.25. The fourth-order valence-corrected chi connectivity index (χ4v) is 3.92. The quantitative estimate of drug-likeness (QED) is 0.859. The largest absolute Gasteiger partial charge is 0.480 e. The Hall–Kier alpha value is -2.42. The summed E-state index contributed by atoms with van der Waals surface area (Å²) in [6, 6.07) is 7.49. The molecule has 0 amide bonds. The molecule has 0 unspecified atom stereocenters. The summed E-state index contributed by atoms with van der Waals surface area (Å²) in [5.41, 5.74) is 1.65. The van der Waals surface area contributed by atoms with Crippen molar-refractivity contribution in [3.05, 3.63) is 30.1 Å². The Kier molecular flexibility index (Phi) is 4.27. The molecular weight excluding hydrogens is 332 g/mol. The van der Waals surface area contributed by atoms with E-state index < -0.39 is 15.8 Å². The molecule has 3 rings (SSSR count). The molecular formula is C15H18N4O4S. The fourth-order valence-electron chi connectivity index (χ4n) is 2.72. The molecule has 2 heterocycles. The Morgan fingerprint density at radius 3 is 2.67 bits per heavy atom. The normalized spacial score (nSPS) is 17.0. The molecule has 2 aromatic rings. The molecule has 1 saturated heterocycles. The van der Waals surface area contributed by atoms with Gasteiger partial charge in [-0.25, -0.2) is 18.1 Å². The van der Waals surface area contributed by atoms with Gasteiger partial charge in [-0.1, -0.05) is 12.1 Å². The third-order valence-electron chi connectivity index (χ3n) is 3.88. The van der Waals surface area contributed by atoms with E-state index in [4.69, 9.17) is 5.11 Å². The number of aliphatic carboxylic acids is 1. The average molecular weight is 350 g/mol. The number of hydrogen-bond donors (Lipinski definition) is 1. The van der Waals surface area contributed by atoms with Crippen LogP contribution >= 0.6 is 0 Å². The van der Waals surface area contributed by atoms with Gasteiger partial charge in [-0.05, 0) is 19.1 Å². The molecule has 1 aliphatic rings. The van der Waals surface area contributed by atoms with Crippen LogP contribution in [0.3, 0.4) is 0 Å². The standard InChI is InChI=1S/C15H18N4O4S/c1-11-16-15(19(17-11)10-14(20)21)12-3-2-4-13(9-12)18-5-7-24(22,23)8-6-18/h2-4,9H,5-8,10H2,1H3,(H,20,21). The highest BCUT2D eigenvalue weighted by Gasteiger charge is 2.22. The Morgan fingerprint density at radius 2 is 2.00 bits per heavy atom. The molecule has 0 spiro atoms. The lowest BCUT2D eigenvalue weighted by Crippen LogP contribution is -2.40. The lowest BCUT2D eigenvalue weighted by molar-refractivity contribution is -0.137. The predicted molar refractivity (Wildman–Crippen MR) is 88.7 cm³/mol. The summed E-state index contributed by atoms with van der Waals surface area (Å²) in [5.74, 6) is 0.289. The number of benzene rings is 1. The number of carbonyl (C=O) groups is 1. The lowest BCUT2D eigenvalue weighted by atomic mass is 10.1. The molecule has 1 N–H and O–H groups in total. The van der Waals surface area contributed by atoms with Gasteiger partial charge in [0.15, 0.2) is 15.7 Å². The van der Waals surface area contributed by atoms with Crippen LogP contribution < -0.4 is 4.90 Å². The van der Waals surface area contributed by atoms with Gasteiger partial charge in [0.1, 0.15) is 12.4 Å². The zero-order valence-electron chi connectivity index (χ0n) is 13.2. The molecule has 0 saturated carbocycles. The van der Waals surface area contributed by atoms with E-state index in [2.05, 4.69) is 10.1 Å². The third kappa shape index (κ3) is 3.56. The van der Waals surface area contributed by atoms with E-state index in [0.29, 0.717) is 24.7 Å². The molecule has 0 atom stereocenters. The van der Waals surface area contributed by atoms with Crippen molar-refractivity contribution in [2.24, 2.45) is 0 Å². The van der Waals surface area contributed by atoms with E-state index >= 15 is 0 Å². The van der Waals surface area contributed by atoms with Crippen LogP contribution in [0.1, 0.15) is 5.82 Å². The number of carboxylic acids is 1. The van der Waals surface area contributed by atoms with Gasteiger partial charge in [-0.3, -0.25) is 4.79 Å². The number of rotatable bonds is 4. The number of carboxylic acid groups (broad SMARTS) is 1. The summed E-state index contributed by atoms with van der Waals surface area (Å²) >= 11 is 0. The van der Waals surface area contributed by atoms with Crippen molar-refractivity contribution in [1.82, 2.24) is 14.8 Å². The Bertz CT molecular complexity index is 861. The number of aryl methyl sites for hydroxylation is 1. The molecule has 128 valence electrons. The molecule has 24 heavy (non-hydrogen) atoms. The van der Waals surface area contributed by atoms with Crippen LogP contribution in [-0.4, -0.2) is 58.9 Å². The SMILES string of the molecule is Cc1nc(-c2cccc(N3CCS(=O)(=O)CC3)c2)n(CC(=O)O)n1. The zero-order valence-corrected chi connectivity index (χ0v) is 14.0. The lowest BCUT2D eigenvalue weighted by Gasteiger charge is -2.29.